The molecule has 2 aromatic carbocycles. The number of esters is 1. The van der Waals surface area contributed by atoms with Crippen LogP contribution in [-0.4, -0.2) is 144 Å². The van der Waals surface area contributed by atoms with E-state index < -0.39 is 12.2 Å². The molecule has 3 fully saturated rings. The Balaban J connectivity index is 1.06. The van der Waals surface area contributed by atoms with Gasteiger partial charge in [-0.1, -0.05) is 30.3 Å². The number of piperidine rings is 2. The van der Waals surface area contributed by atoms with Gasteiger partial charge in [0.1, 0.15) is 5.75 Å². The number of ether oxygens (including phenoxy) is 2. The standard InChI is InChI=1S/C38H52N6O7/c1-26-22-28(23-27(2)35(26)46)24-33(36(47)42-13-9-30(10-14-42)41-20-18-40(19-21-41)25-34(45)50-3)51-38(49)43-15-11-31(12-16-43)44-17-8-29-6-4-5-7-32(29)39-37(44)48/h4-7,22-23,30-31,33,46H,8-21,24-25H2,1-3H3,(H,39,48)/t33-/m1/s1. The van der Waals surface area contributed by atoms with Gasteiger partial charge in [0.05, 0.1) is 13.7 Å². The summed E-state index contributed by atoms with van der Waals surface area (Å²) in [6, 6.07) is 11.8. The Bertz CT molecular complexity index is 1560. The molecule has 4 aliphatic rings. The lowest BCUT2D eigenvalue weighted by Gasteiger charge is -2.43. The second-order valence-corrected chi connectivity index (χ2v) is 14.3. The highest BCUT2D eigenvalue weighted by Crippen LogP contribution is 2.27. The summed E-state index contributed by atoms with van der Waals surface area (Å²) in [5.74, 6) is -0.207. The number of fused-ring (bicyclic) bond motifs is 1. The van der Waals surface area contributed by atoms with Crippen molar-refractivity contribution in [3.63, 3.8) is 0 Å². The molecule has 6 rings (SSSR count). The van der Waals surface area contributed by atoms with Crippen molar-refractivity contribution in [3.8, 4) is 5.75 Å². The van der Waals surface area contributed by atoms with Crippen molar-refractivity contribution in [2.75, 3.05) is 77.9 Å². The first-order chi connectivity index (χ1) is 24.6. The first-order valence-electron chi connectivity index (χ1n) is 18.3. The van der Waals surface area contributed by atoms with Crippen LogP contribution in [0.1, 0.15) is 47.9 Å². The molecule has 3 saturated heterocycles. The molecular formula is C38H52N6O7. The van der Waals surface area contributed by atoms with E-state index in [0.717, 1.165) is 62.3 Å². The minimum absolute atomic E-state index is 0.000796. The molecule has 2 aromatic rings. The maximum absolute atomic E-state index is 14.1. The molecule has 0 bridgehead atoms. The minimum Gasteiger partial charge on any atom is -0.507 e. The van der Waals surface area contributed by atoms with E-state index in [0.29, 0.717) is 69.3 Å². The van der Waals surface area contributed by atoms with E-state index in [1.165, 1.54) is 7.11 Å². The lowest BCUT2D eigenvalue weighted by molar-refractivity contribution is -0.142. The molecule has 0 radical (unpaired) electrons. The third-order valence-corrected chi connectivity index (χ3v) is 11.1. The largest absolute Gasteiger partial charge is 0.507 e. The number of carbonyl (C=O) groups is 4. The van der Waals surface area contributed by atoms with Crippen LogP contribution in [-0.2, 0) is 31.9 Å². The highest BCUT2D eigenvalue weighted by molar-refractivity contribution is 5.91. The van der Waals surface area contributed by atoms with Gasteiger partial charge in [-0.25, -0.2) is 9.59 Å². The van der Waals surface area contributed by atoms with E-state index in [2.05, 4.69) is 15.1 Å². The summed E-state index contributed by atoms with van der Waals surface area (Å²) >= 11 is 0. The highest BCUT2D eigenvalue weighted by Gasteiger charge is 2.37. The molecular weight excluding hydrogens is 652 g/mol. The molecule has 0 unspecified atom stereocenters. The Morgan fingerprint density at radius 3 is 2.16 bits per heavy atom. The van der Waals surface area contributed by atoms with Crippen molar-refractivity contribution in [2.24, 2.45) is 0 Å². The van der Waals surface area contributed by atoms with Crippen molar-refractivity contribution >= 4 is 29.7 Å². The number of likely N-dealkylation sites (tertiary alicyclic amines) is 2. The van der Waals surface area contributed by atoms with Crippen LogP contribution in [0.25, 0.3) is 0 Å². The number of anilines is 1. The summed E-state index contributed by atoms with van der Waals surface area (Å²) in [5, 5.41) is 13.4. The monoisotopic (exact) mass is 704 g/mol. The van der Waals surface area contributed by atoms with Gasteiger partial charge in [-0.2, -0.15) is 0 Å². The van der Waals surface area contributed by atoms with Gasteiger partial charge in [-0.05, 0) is 74.3 Å². The number of amides is 4. The summed E-state index contributed by atoms with van der Waals surface area (Å²) in [7, 11) is 1.41. The molecule has 4 aliphatic heterocycles. The lowest BCUT2D eigenvalue weighted by Crippen LogP contribution is -2.55. The molecule has 0 spiro atoms. The Kier molecular flexibility index (Phi) is 11.7. The van der Waals surface area contributed by atoms with E-state index in [1.54, 1.807) is 4.90 Å². The number of benzene rings is 2. The second kappa shape index (κ2) is 16.3. The molecule has 2 N–H and O–H groups in total. The van der Waals surface area contributed by atoms with E-state index in [1.807, 2.05) is 60.0 Å². The zero-order chi connectivity index (χ0) is 36.1. The molecule has 1 atom stereocenters. The van der Waals surface area contributed by atoms with Crippen molar-refractivity contribution < 1.29 is 33.8 Å². The minimum atomic E-state index is -1.01. The Labute approximate surface area is 300 Å². The number of piperazine rings is 1. The zero-order valence-corrected chi connectivity index (χ0v) is 30.1. The van der Waals surface area contributed by atoms with Gasteiger partial charge in [0.15, 0.2) is 6.10 Å². The normalized spacial score (nSPS) is 20.3. The fourth-order valence-electron chi connectivity index (χ4n) is 8.04. The summed E-state index contributed by atoms with van der Waals surface area (Å²) in [5.41, 5.74) is 4.19. The number of phenolic OH excluding ortho intramolecular Hbond substituents is 1. The number of aryl methyl sites for hydroxylation is 2. The van der Waals surface area contributed by atoms with Gasteiger partial charge < -0.3 is 34.6 Å². The maximum atomic E-state index is 14.1. The molecule has 0 aliphatic carbocycles. The van der Waals surface area contributed by atoms with Gasteiger partial charge in [0.2, 0.25) is 0 Å². The average molecular weight is 705 g/mol. The van der Waals surface area contributed by atoms with Crippen LogP contribution in [0.3, 0.4) is 0 Å². The van der Waals surface area contributed by atoms with Crippen molar-refractivity contribution in [2.45, 2.75) is 70.6 Å². The SMILES string of the molecule is COC(=O)CN1CCN(C2CCN(C(=O)[C@@H](Cc3cc(C)c(O)c(C)c3)OC(=O)N3CCC(N4CCc5ccccc5NC4=O)CC3)CC2)CC1. The fraction of sp³-hybridized carbons (Fsp3) is 0.579. The van der Waals surface area contributed by atoms with Gasteiger partial charge in [-0.15, -0.1) is 0 Å². The van der Waals surface area contributed by atoms with Crippen LogP contribution in [0, 0.1) is 13.8 Å². The van der Waals surface area contributed by atoms with Crippen LogP contribution in [0.4, 0.5) is 15.3 Å². The number of nitrogens with zero attached hydrogens (tertiary/aromatic N) is 5. The molecule has 0 aromatic heterocycles. The predicted octanol–water partition coefficient (Wildman–Crippen LogP) is 3.39. The van der Waals surface area contributed by atoms with Gasteiger partial charge in [0.25, 0.3) is 5.91 Å². The first-order valence-corrected chi connectivity index (χ1v) is 18.3. The van der Waals surface area contributed by atoms with Crippen LogP contribution >= 0.6 is 0 Å². The number of aromatic hydroxyl groups is 1. The molecule has 13 heteroatoms. The highest BCUT2D eigenvalue weighted by atomic mass is 16.6. The van der Waals surface area contributed by atoms with Gasteiger partial charge in [0, 0.05) is 83.1 Å². The number of hydrogen-bond donors (Lipinski definition) is 2. The van der Waals surface area contributed by atoms with Crippen LogP contribution in [0.2, 0.25) is 0 Å². The third kappa shape index (κ3) is 8.75. The Morgan fingerprint density at radius 1 is 0.863 bits per heavy atom. The van der Waals surface area contributed by atoms with E-state index in [9.17, 15) is 24.3 Å². The zero-order valence-electron chi connectivity index (χ0n) is 30.1. The number of carbonyl (C=O) groups excluding carboxylic acids is 4. The number of phenols is 1. The number of methoxy groups -OCH3 is 1. The number of nitrogens with one attached hydrogen (secondary N) is 1. The number of hydrogen-bond acceptors (Lipinski definition) is 9. The molecule has 0 saturated carbocycles. The number of para-hydroxylation sites is 1. The maximum Gasteiger partial charge on any atom is 0.410 e. The number of rotatable bonds is 8. The second-order valence-electron chi connectivity index (χ2n) is 14.3. The van der Waals surface area contributed by atoms with Crippen molar-refractivity contribution in [1.29, 1.82) is 0 Å². The molecule has 13 nitrogen and oxygen atoms in total. The van der Waals surface area contributed by atoms with Crippen molar-refractivity contribution in [1.82, 2.24) is 24.5 Å². The van der Waals surface area contributed by atoms with E-state index in [4.69, 9.17) is 9.47 Å². The van der Waals surface area contributed by atoms with E-state index in [-0.39, 0.29) is 36.1 Å². The smallest absolute Gasteiger partial charge is 0.410 e. The summed E-state index contributed by atoms with van der Waals surface area (Å²) in [4.78, 5) is 62.5. The fourth-order valence-corrected chi connectivity index (χ4v) is 8.04. The Hall–Kier alpha value is -4.36. The Morgan fingerprint density at radius 2 is 1.49 bits per heavy atom. The quantitative estimate of drug-likeness (QED) is 0.397. The van der Waals surface area contributed by atoms with Crippen LogP contribution in [0.5, 0.6) is 5.75 Å². The average Bonchev–Trinajstić information content (AvgIpc) is 3.31. The third-order valence-electron chi connectivity index (χ3n) is 11.1. The van der Waals surface area contributed by atoms with Crippen LogP contribution in [0.15, 0.2) is 36.4 Å². The first kappa shape index (κ1) is 36.4. The molecule has 4 amide bonds. The summed E-state index contributed by atoms with van der Waals surface area (Å²) < 4.78 is 10.9. The van der Waals surface area contributed by atoms with Crippen LogP contribution < -0.4 is 5.32 Å². The lowest BCUT2D eigenvalue weighted by atomic mass is 9.98. The van der Waals surface area contributed by atoms with Gasteiger partial charge in [-0.3, -0.25) is 19.4 Å². The van der Waals surface area contributed by atoms with E-state index >= 15 is 0 Å². The van der Waals surface area contributed by atoms with Gasteiger partial charge >= 0.3 is 18.1 Å². The predicted molar refractivity (Wildman–Crippen MR) is 192 cm³/mol. The topological polar surface area (TPSA) is 135 Å². The summed E-state index contributed by atoms with van der Waals surface area (Å²) in [6.45, 7) is 9.88. The molecule has 4 heterocycles. The molecule has 51 heavy (non-hydrogen) atoms. The van der Waals surface area contributed by atoms with Crippen molar-refractivity contribution in [3.05, 3.63) is 58.7 Å². The number of urea groups is 1. The summed E-state index contributed by atoms with van der Waals surface area (Å²) in [6.07, 6.45) is 2.34. The molecule has 276 valence electrons.